The first-order valence-electron chi connectivity index (χ1n) is 6.86. The molecule has 0 spiro atoms. The Morgan fingerprint density at radius 1 is 1.15 bits per heavy atom. The number of rotatable bonds is 2. The van der Waals surface area contributed by atoms with Crippen LogP contribution in [-0.4, -0.2) is 24.2 Å². The molecule has 2 rings (SSSR count). The maximum atomic E-state index is 11.3. The van der Waals surface area contributed by atoms with Crippen LogP contribution >= 0.6 is 0 Å². The number of carbonyl (C=O) groups is 1. The van der Waals surface area contributed by atoms with Gasteiger partial charge in [-0.2, -0.15) is 0 Å². The van der Waals surface area contributed by atoms with Gasteiger partial charge in [-0.1, -0.05) is 17.7 Å². The number of benzene rings is 1. The highest BCUT2D eigenvalue weighted by Crippen LogP contribution is 2.37. The molecule has 0 atom stereocenters. The first kappa shape index (κ1) is 15.1. The third-order valence-electron chi connectivity index (χ3n) is 4.02. The van der Waals surface area contributed by atoms with E-state index in [0.29, 0.717) is 0 Å². The summed E-state index contributed by atoms with van der Waals surface area (Å²) in [4.78, 5) is 11.3. The molecule has 0 radical (unpaired) electrons. The van der Waals surface area contributed by atoms with E-state index in [2.05, 4.69) is 5.32 Å². The number of anilines is 1. The Kier molecular flexibility index (Phi) is 3.69. The van der Waals surface area contributed by atoms with Crippen LogP contribution in [0, 0.1) is 6.92 Å². The van der Waals surface area contributed by atoms with Crippen LogP contribution in [0.15, 0.2) is 18.2 Å². The van der Waals surface area contributed by atoms with Gasteiger partial charge in [0, 0.05) is 18.1 Å². The number of hydrogen-bond donors (Lipinski definition) is 1. The molecular formula is C15H22BNO3. The van der Waals surface area contributed by atoms with Crippen LogP contribution in [0.5, 0.6) is 0 Å². The van der Waals surface area contributed by atoms with Crippen molar-refractivity contribution in [1.82, 2.24) is 0 Å². The highest BCUT2D eigenvalue weighted by molar-refractivity contribution is 6.64. The monoisotopic (exact) mass is 275 g/mol. The summed E-state index contributed by atoms with van der Waals surface area (Å²) < 4.78 is 12.1. The molecule has 1 fully saturated rings. The highest BCUT2D eigenvalue weighted by atomic mass is 16.7. The first-order valence-corrected chi connectivity index (χ1v) is 6.86. The van der Waals surface area contributed by atoms with E-state index in [4.69, 9.17) is 9.31 Å². The number of aryl methyl sites for hydroxylation is 1. The van der Waals surface area contributed by atoms with Crippen molar-refractivity contribution in [2.45, 2.75) is 52.7 Å². The lowest BCUT2D eigenvalue weighted by atomic mass is 9.77. The Hall–Kier alpha value is -1.33. The van der Waals surface area contributed by atoms with Gasteiger partial charge in [-0.25, -0.2) is 0 Å². The van der Waals surface area contributed by atoms with Gasteiger partial charge in [-0.3, -0.25) is 4.79 Å². The van der Waals surface area contributed by atoms with E-state index in [0.717, 1.165) is 16.7 Å². The molecule has 20 heavy (non-hydrogen) atoms. The Morgan fingerprint density at radius 2 is 1.70 bits per heavy atom. The Balaban J connectivity index is 2.38. The van der Waals surface area contributed by atoms with Crippen molar-refractivity contribution in [1.29, 1.82) is 0 Å². The molecule has 1 amide bonds. The molecule has 1 heterocycles. The molecule has 108 valence electrons. The second-order valence-electron chi connectivity index (χ2n) is 6.36. The van der Waals surface area contributed by atoms with E-state index in [-0.39, 0.29) is 5.91 Å². The van der Waals surface area contributed by atoms with Crippen LogP contribution in [0.3, 0.4) is 0 Å². The summed E-state index contributed by atoms with van der Waals surface area (Å²) in [7, 11) is -0.471. The standard InChI is InChI=1S/C15H22BNO3/c1-10-7-8-13(17-11(2)18)12(9-10)16-19-14(3,4)15(5,6)20-16/h7-9H,1-6H3,(H,17,18). The average molecular weight is 275 g/mol. The van der Waals surface area contributed by atoms with Gasteiger partial charge in [0.05, 0.1) is 11.2 Å². The third-order valence-corrected chi connectivity index (χ3v) is 4.02. The summed E-state index contributed by atoms with van der Waals surface area (Å²) in [5, 5.41) is 2.83. The van der Waals surface area contributed by atoms with E-state index in [1.165, 1.54) is 6.92 Å². The van der Waals surface area contributed by atoms with E-state index in [9.17, 15) is 4.79 Å². The van der Waals surface area contributed by atoms with Crippen molar-refractivity contribution in [2.75, 3.05) is 5.32 Å². The number of carbonyl (C=O) groups excluding carboxylic acids is 1. The van der Waals surface area contributed by atoms with Crippen LogP contribution in [0.25, 0.3) is 0 Å². The predicted octanol–water partition coefficient (Wildman–Crippen LogP) is 2.25. The fourth-order valence-corrected chi connectivity index (χ4v) is 2.15. The van der Waals surface area contributed by atoms with Gasteiger partial charge >= 0.3 is 7.12 Å². The van der Waals surface area contributed by atoms with Crippen molar-refractivity contribution in [3.63, 3.8) is 0 Å². The van der Waals surface area contributed by atoms with E-state index >= 15 is 0 Å². The van der Waals surface area contributed by atoms with Gasteiger partial charge < -0.3 is 14.6 Å². The quantitative estimate of drug-likeness (QED) is 0.842. The second-order valence-corrected chi connectivity index (χ2v) is 6.36. The molecule has 1 aliphatic heterocycles. The van der Waals surface area contributed by atoms with Crippen LogP contribution in [0.1, 0.15) is 40.2 Å². The van der Waals surface area contributed by atoms with Crippen molar-refractivity contribution in [2.24, 2.45) is 0 Å². The molecule has 0 saturated carbocycles. The number of hydrogen-bond acceptors (Lipinski definition) is 3. The summed E-state index contributed by atoms with van der Waals surface area (Å²) in [6, 6.07) is 5.84. The molecule has 0 unspecified atom stereocenters. The van der Waals surface area contributed by atoms with Crippen molar-refractivity contribution in [3.05, 3.63) is 23.8 Å². The van der Waals surface area contributed by atoms with Crippen LogP contribution < -0.4 is 10.8 Å². The molecule has 0 bridgehead atoms. The minimum atomic E-state index is -0.471. The van der Waals surface area contributed by atoms with Crippen molar-refractivity contribution < 1.29 is 14.1 Å². The molecular weight excluding hydrogens is 253 g/mol. The van der Waals surface area contributed by atoms with Crippen LogP contribution in [-0.2, 0) is 14.1 Å². The molecule has 1 aromatic carbocycles. The molecule has 0 aliphatic carbocycles. The fraction of sp³-hybridized carbons (Fsp3) is 0.533. The SMILES string of the molecule is CC(=O)Nc1ccc(C)cc1B1OC(C)(C)C(C)(C)O1. The maximum Gasteiger partial charge on any atom is 0.496 e. The minimum absolute atomic E-state index is 0.105. The zero-order valence-corrected chi connectivity index (χ0v) is 13.0. The summed E-state index contributed by atoms with van der Waals surface area (Å²) in [5.41, 5.74) is 1.91. The van der Waals surface area contributed by atoms with Gasteiger partial charge in [0.1, 0.15) is 0 Å². The highest BCUT2D eigenvalue weighted by Gasteiger charge is 2.52. The summed E-state index contributed by atoms with van der Waals surface area (Å²) in [6.07, 6.45) is 0. The second kappa shape index (κ2) is 4.90. The fourth-order valence-electron chi connectivity index (χ4n) is 2.15. The minimum Gasteiger partial charge on any atom is -0.399 e. The Morgan fingerprint density at radius 3 is 2.20 bits per heavy atom. The molecule has 5 heteroatoms. The normalized spacial score (nSPS) is 20.0. The average Bonchev–Trinajstić information content (AvgIpc) is 2.50. The van der Waals surface area contributed by atoms with Crippen molar-refractivity contribution >= 4 is 24.2 Å². The molecule has 1 aliphatic rings. The van der Waals surface area contributed by atoms with Gasteiger partial charge in [0.15, 0.2) is 0 Å². The van der Waals surface area contributed by atoms with Gasteiger partial charge in [-0.15, -0.1) is 0 Å². The number of amides is 1. The maximum absolute atomic E-state index is 11.3. The van der Waals surface area contributed by atoms with Crippen molar-refractivity contribution in [3.8, 4) is 0 Å². The lowest BCUT2D eigenvalue weighted by Crippen LogP contribution is -2.41. The van der Waals surface area contributed by atoms with Crippen LogP contribution in [0.4, 0.5) is 5.69 Å². The molecule has 1 N–H and O–H groups in total. The first-order chi connectivity index (χ1) is 9.12. The molecule has 1 aromatic rings. The third kappa shape index (κ3) is 2.74. The molecule has 1 saturated heterocycles. The van der Waals surface area contributed by atoms with Gasteiger partial charge in [0.25, 0.3) is 0 Å². The Labute approximate surface area is 121 Å². The van der Waals surface area contributed by atoms with E-state index in [1.54, 1.807) is 0 Å². The lowest BCUT2D eigenvalue weighted by molar-refractivity contribution is -0.114. The van der Waals surface area contributed by atoms with E-state index < -0.39 is 18.3 Å². The summed E-state index contributed by atoms with van der Waals surface area (Å²) >= 11 is 0. The zero-order valence-electron chi connectivity index (χ0n) is 13.0. The Bertz CT molecular complexity index is 524. The molecule has 0 aromatic heterocycles. The summed E-state index contributed by atoms with van der Waals surface area (Å²) in [5.74, 6) is -0.105. The topological polar surface area (TPSA) is 47.6 Å². The summed E-state index contributed by atoms with van der Waals surface area (Å²) in [6.45, 7) is 11.6. The number of nitrogens with one attached hydrogen (secondary N) is 1. The van der Waals surface area contributed by atoms with E-state index in [1.807, 2.05) is 52.8 Å². The van der Waals surface area contributed by atoms with Crippen LogP contribution in [0.2, 0.25) is 0 Å². The van der Waals surface area contributed by atoms with Gasteiger partial charge in [-0.05, 0) is 40.7 Å². The lowest BCUT2D eigenvalue weighted by Gasteiger charge is -2.32. The largest absolute Gasteiger partial charge is 0.496 e. The predicted molar refractivity (Wildman–Crippen MR) is 81.2 cm³/mol. The molecule has 4 nitrogen and oxygen atoms in total. The van der Waals surface area contributed by atoms with Gasteiger partial charge in [0.2, 0.25) is 5.91 Å². The zero-order chi connectivity index (χ0) is 15.1. The smallest absolute Gasteiger partial charge is 0.399 e.